The molecule has 1 heterocycles. The Morgan fingerprint density at radius 1 is 1.52 bits per heavy atom. The fraction of sp³-hybridized carbons (Fsp3) is 0.467. The van der Waals surface area contributed by atoms with E-state index in [9.17, 15) is 10.1 Å². The molecule has 0 bridgehead atoms. The van der Waals surface area contributed by atoms with Gasteiger partial charge in [-0.15, -0.1) is 0 Å². The van der Waals surface area contributed by atoms with Crippen LogP contribution in [0.25, 0.3) is 0 Å². The molecule has 0 unspecified atom stereocenters. The Hall–Kier alpha value is -1.77. The number of hydrogen-bond acceptors (Lipinski definition) is 4. The van der Waals surface area contributed by atoms with Crippen LogP contribution in [0, 0.1) is 16.7 Å². The predicted octanol–water partition coefficient (Wildman–Crippen LogP) is 2.49. The molecule has 0 aliphatic carbocycles. The Labute approximate surface area is 129 Å². The summed E-state index contributed by atoms with van der Waals surface area (Å²) in [4.78, 5) is 14.6. The number of rotatable bonds is 4. The van der Waals surface area contributed by atoms with Crippen LogP contribution in [0.15, 0.2) is 18.2 Å². The van der Waals surface area contributed by atoms with Crippen molar-refractivity contribution in [1.82, 2.24) is 4.90 Å². The van der Waals surface area contributed by atoms with Gasteiger partial charge in [-0.25, -0.2) is 0 Å². The van der Waals surface area contributed by atoms with Gasteiger partial charge in [-0.1, -0.05) is 11.6 Å². The Morgan fingerprint density at radius 3 is 2.76 bits per heavy atom. The number of likely N-dealkylation sites (tertiary alicyclic amines) is 1. The van der Waals surface area contributed by atoms with Gasteiger partial charge in [0.1, 0.15) is 5.41 Å². The van der Waals surface area contributed by atoms with Crippen LogP contribution in [0.3, 0.4) is 0 Å². The summed E-state index contributed by atoms with van der Waals surface area (Å²) in [6.45, 7) is 3.99. The average molecular weight is 307 g/mol. The molecule has 5 nitrogen and oxygen atoms in total. The maximum absolute atomic E-state index is 12.4. The number of nitriles is 1. The van der Waals surface area contributed by atoms with E-state index in [1.807, 2.05) is 0 Å². The molecule has 1 amide bonds. The lowest BCUT2D eigenvalue weighted by molar-refractivity contribution is -0.122. The molecule has 6 heteroatoms. The number of carbonyl (C=O) groups excluding carboxylic acids is 1. The van der Waals surface area contributed by atoms with Crippen molar-refractivity contribution in [2.75, 3.05) is 30.7 Å². The average Bonchev–Trinajstić information content (AvgIpc) is 2.95. The molecule has 1 saturated heterocycles. The van der Waals surface area contributed by atoms with E-state index in [0.717, 1.165) is 25.9 Å². The first kappa shape index (κ1) is 15.6. The van der Waals surface area contributed by atoms with E-state index >= 15 is 0 Å². The van der Waals surface area contributed by atoms with Gasteiger partial charge < -0.3 is 16.0 Å². The highest BCUT2D eigenvalue weighted by Crippen LogP contribution is 2.26. The standard InChI is InChI=1S/C15H19ClN4O/c1-15(9-17,10-20-6-2-3-7-20)14(21)19-11-4-5-13(18)12(16)8-11/h4-5,8H,2-3,6-7,10,18H2,1H3,(H,19,21)/t15-/m0/s1. The molecule has 0 radical (unpaired) electrons. The minimum absolute atomic E-state index is 0.322. The van der Waals surface area contributed by atoms with Gasteiger partial charge in [0, 0.05) is 12.2 Å². The summed E-state index contributed by atoms with van der Waals surface area (Å²) >= 11 is 5.93. The summed E-state index contributed by atoms with van der Waals surface area (Å²) in [5.74, 6) is -0.322. The summed E-state index contributed by atoms with van der Waals surface area (Å²) in [7, 11) is 0. The molecular formula is C15H19ClN4O. The van der Waals surface area contributed by atoms with Gasteiger partial charge in [0.25, 0.3) is 0 Å². The van der Waals surface area contributed by atoms with Crippen LogP contribution < -0.4 is 11.1 Å². The second kappa shape index (κ2) is 6.33. The third-order valence-electron chi connectivity index (χ3n) is 3.74. The molecule has 1 fully saturated rings. The molecule has 112 valence electrons. The van der Waals surface area contributed by atoms with Crippen molar-refractivity contribution < 1.29 is 4.79 Å². The summed E-state index contributed by atoms with van der Waals surface area (Å²) in [5.41, 5.74) is 5.55. The van der Waals surface area contributed by atoms with Crippen molar-refractivity contribution in [3.05, 3.63) is 23.2 Å². The SMILES string of the molecule is C[C@](C#N)(CN1CCCC1)C(=O)Nc1ccc(N)c(Cl)c1. The van der Waals surface area contributed by atoms with Crippen molar-refractivity contribution in [3.8, 4) is 6.07 Å². The molecule has 1 aromatic rings. The third kappa shape index (κ3) is 3.66. The minimum atomic E-state index is -1.09. The fourth-order valence-electron chi connectivity index (χ4n) is 2.42. The second-order valence-electron chi connectivity index (χ2n) is 5.62. The number of nitrogens with two attached hydrogens (primary N) is 1. The largest absolute Gasteiger partial charge is 0.398 e. The van der Waals surface area contributed by atoms with E-state index in [1.54, 1.807) is 25.1 Å². The molecule has 0 saturated carbocycles. The molecule has 3 N–H and O–H groups in total. The molecule has 21 heavy (non-hydrogen) atoms. The van der Waals surface area contributed by atoms with Gasteiger partial charge in [0.2, 0.25) is 5.91 Å². The summed E-state index contributed by atoms with van der Waals surface area (Å²) < 4.78 is 0. The zero-order valence-electron chi connectivity index (χ0n) is 12.0. The summed E-state index contributed by atoms with van der Waals surface area (Å²) in [5, 5.41) is 12.5. The summed E-state index contributed by atoms with van der Waals surface area (Å²) in [6, 6.07) is 7.03. The fourth-order valence-corrected chi connectivity index (χ4v) is 2.60. The van der Waals surface area contributed by atoms with Gasteiger partial charge >= 0.3 is 0 Å². The molecule has 0 aromatic heterocycles. The topological polar surface area (TPSA) is 82.2 Å². The zero-order chi connectivity index (χ0) is 15.5. The van der Waals surface area contributed by atoms with Crippen LogP contribution in [0.2, 0.25) is 5.02 Å². The van der Waals surface area contributed by atoms with E-state index in [0.29, 0.717) is 22.9 Å². The van der Waals surface area contributed by atoms with Crippen molar-refractivity contribution in [2.24, 2.45) is 5.41 Å². The highest BCUT2D eigenvalue weighted by Gasteiger charge is 2.36. The van der Waals surface area contributed by atoms with E-state index in [-0.39, 0.29) is 5.91 Å². The normalized spacial score (nSPS) is 18.0. The van der Waals surface area contributed by atoms with Crippen LogP contribution >= 0.6 is 11.6 Å². The number of nitrogen functional groups attached to an aromatic ring is 1. The summed E-state index contributed by atoms with van der Waals surface area (Å²) in [6.07, 6.45) is 2.24. The number of hydrogen-bond donors (Lipinski definition) is 2. The maximum atomic E-state index is 12.4. The molecule has 1 atom stereocenters. The first-order chi connectivity index (χ1) is 9.94. The molecule has 1 aliphatic rings. The van der Waals surface area contributed by atoms with Gasteiger partial charge in [-0.2, -0.15) is 5.26 Å². The van der Waals surface area contributed by atoms with Gasteiger partial charge in [0.15, 0.2) is 0 Å². The number of amides is 1. The van der Waals surface area contributed by atoms with E-state index in [2.05, 4.69) is 16.3 Å². The number of benzene rings is 1. The van der Waals surface area contributed by atoms with Crippen LogP contribution in [0.5, 0.6) is 0 Å². The second-order valence-corrected chi connectivity index (χ2v) is 6.02. The van der Waals surface area contributed by atoms with Gasteiger partial charge in [0.05, 0.1) is 16.8 Å². The highest BCUT2D eigenvalue weighted by atomic mass is 35.5. The molecule has 1 aromatic carbocycles. The quantitative estimate of drug-likeness (QED) is 0.837. The molecule has 0 spiro atoms. The predicted molar refractivity (Wildman–Crippen MR) is 83.9 cm³/mol. The number of carbonyl (C=O) groups is 1. The van der Waals surface area contributed by atoms with Crippen molar-refractivity contribution in [3.63, 3.8) is 0 Å². The van der Waals surface area contributed by atoms with Crippen molar-refractivity contribution in [2.45, 2.75) is 19.8 Å². The van der Waals surface area contributed by atoms with Crippen molar-refractivity contribution >= 4 is 28.9 Å². The van der Waals surface area contributed by atoms with Gasteiger partial charge in [-0.3, -0.25) is 4.79 Å². The zero-order valence-corrected chi connectivity index (χ0v) is 12.8. The lowest BCUT2D eigenvalue weighted by Gasteiger charge is -2.26. The van der Waals surface area contributed by atoms with E-state index in [4.69, 9.17) is 17.3 Å². The highest BCUT2D eigenvalue weighted by molar-refractivity contribution is 6.33. The Kier molecular flexibility index (Phi) is 4.71. The lowest BCUT2D eigenvalue weighted by atomic mass is 9.90. The van der Waals surface area contributed by atoms with E-state index < -0.39 is 5.41 Å². The van der Waals surface area contributed by atoms with Crippen LogP contribution in [0.1, 0.15) is 19.8 Å². The first-order valence-corrected chi connectivity index (χ1v) is 7.32. The lowest BCUT2D eigenvalue weighted by Crippen LogP contribution is -2.42. The Bertz CT molecular complexity index is 578. The number of nitrogens with zero attached hydrogens (tertiary/aromatic N) is 2. The van der Waals surface area contributed by atoms with Crippen molar-refractivity contribution in [1.29, 1.82) is 5.26 Å². The Balaban J connectivity index is 2.08. The number of anilines is 2. The monoisotopic (exact) mass is 306 g/mol. The molecule has 1 aliphatic heterocycles. The smallest absolute Gasteiger partial charge is 0.245 e. The number of halogens is 1. The maximum Gasteiger partial charge on any atom is 0.245 e. The third-order valence-corrected chi connectivity index (χ3v) is 4.07. The van der Waals surface area contributed by atoms with Crippen LogP contribution in [-0.4, -0.2) is 30.4 Å². The Morgan fingerprint density at radius 2 is 2.19 bits per heavy atom. The molecule has 2 rings (SSSR count). The van der Waals surface area contributed by atoms with Crippen LogP contribution in [0.4, 0.5) is 11.4 Å². The minimum Gasteiger partial charge on any atom is -0.398 e. The van der Waals surface area contributed by atoms with Crippen LogP contribution in [-0.2, 0) is 4.79 Å². The van der Waals surface area contributed by atoms with E-state index in [1.165, 1.54) is 0 Å². The number of nitrogens with one attached hydrogen (secondary N) is 1. The first-order valence-electron chi connectivity index (χ1n) is 6.95. The van der Waals surface area contributed by atoms with Gasteiger partial charge in [-0.05, 0) is 51.1 Å². The molecular weight excluding hydrogens is 288 g/mol.